The van der Waals surface area contributed by atoms with Crippen LogP contribution in [0.15, 0.2) is 53.7 Å². The number of carbonyl (C=O) groups is 2. The Bertz CT molecular complexity index is 1120. The number of fused-ring (bicyclic) bond motifs is 3. The number of primary amides is 1. The minimum atomic E-state index is -0.640. The minimum Gasteiger partial charge on any atom is -0.351 e. The summed E-state index contributed by atoms with van der Waals surface area (Å²) in [6, 6.07) is 14.0. The number of nitrogens with one attached hydrogen (secondary N) is 1. The molecule has 4 aromatic rings. The van der Waals surface area contributed by atoms with E-state index in [1.807, 2.05) is 28.7 Å². The molecule has 0 atom stereocenters. The van der Waals surface area contributed by atoms with Crippen LogP contribution in [0.4, 0.5) is 10.5 Å². The van der Waals surface area contributed by atoms with E-state index in [1.165, 1.54) is 11.8 Å². The van der Waals surface area contributed by atoms with Crippen molar-refractivity contribution in [2.45, 2.75) is 5.16 Å². The van der Waals surface area contributed by atoms with Crippen molar-refractivity contribution in [2.75, 3.05) is 11.1 Å². The predicted molar refractivity (Wildman–Crippen MR) is 103 cm³/mol. The van der Waals surface area contributed by atoms with Gasteiger partial charge in [0.25, 0.3) is 0 Å². The second kappa shape index (κ2) is 6.77. The standard InChI is InChI=1S/C17H13N5O2S2/c18-15(24)19-11-7-5-10(6-8-11)13(23)9-25-16-20-21-17-22(16)12-3-1-2-4-14(12)26-17/h1-8H,9H2,(H3,18,19,24). The molecule has 3 N–H and O–H groups in total. The first-order valence-corrected chi connectivity index (χ1v) is 9.47. The molecular formula is C17H13N5O2S2. The molecule has 0 saturated carbocycles. The lowest BCUT2D eigenvalue weighted by molar-refractivity contribution is 0.102. The Morgan fingerprint density at radius 3 is 2.65 bits per heavy atom. The Morgan fingerprint density at radius 1 is 1.12 bits per heavy atom. The normalized spacial score (nSPS) is 11.1. The van der Waals surface area contributed by atoms with Gasteiger partial charge in [0.15, 0.2) is 10.9 Å². The lowest BCUT2D eigenvalue weighted by Crippen LogP contribution is -2.19. The van der Waals surface area contributed by atoms with Crippen LogP contribution < -0.4 is 11.1 Å². The van der Waals surface area contributed by atoms with Gasteiger partial charge in [0.1, 0.15) is 0 Å². The third kappa shape index (κ3) is 3.14. The predicted octanol–water partition coefficient (Wildman–Crippen LogP) is 3.41. The molecule has 2 aromatic heterocycles. The molecule has 0 aliphatic rings. The third-order valence-corrected chi connectivity index (χ3v) is 5.66. The Labute approximate surface area is 156 Å². The van der Waals surface area contributed by atoms with E-state index in [0.717, 1.165) is 15.2 Å². The van der Waals surface area contributed by atoms with Crippen LogP contribution in [0.2, 0.25) is 0 Å². The van der Waals surface area contributed by atoms with E-state index >= 15 is 0 Å². The van der Waals surface area contributed by atoms with Gasteiger partial charge < -0.3 is 11.1 Å². The Kier molecular flexibility index (Phi) is 4.31. The lowest BCUT2D eigenvalue weighted by Gasteiger charge is -2.04. The highest BCUT2D eigenvalue weighted by molar-refractivity contribution is 7.99. The highest BCUT2D eigenvalue weighted by atomic mass is 32.2. The van der Waals surface area contributed by atoms with Gasteiger partial charge in [-0.15, -0.1) is 10.2 Å². The molecule has 0 aliphatic carbocycles. The molecule has 0 unspecified atom stereocenters. The Hall–Kier alpha value is -2.91. The number of para-hydroxylation sites is 1. The molecule has 7 nitrogen and oxygen atoms in total. The highest BCUT2D eigenvalue weighted by Crippen LogP contribution is 2.29. The molecule has 0 fully saturated rings. The number of aromatic nitrogens is 3. The molecular weight excluding hydrogens is 370 g/mol. The number of rotatable bonds is 5. The zero-order valence-electron chi connectivity index (χ0n) is 13.4. The number of Topliss-reactive ketones (excluding diaryl/α,β-unsaturated/α-hetero) is 1. The number of carbonyl (C=O) groups excluding carboxylic acids is 2. The molecule has 4 rings (SSSR count). The number of hydrogen-bond acceptors (Lipinski definition) is 6. The summed E-state index contributed by atoms with van der Waals surface area (Å²) in [7, 11) is 0. The summed E-state index contributed by atoms with van der Waals surface area (Å²) in [6.07, 6.45) is 0. The SMILES string of the molecule is NC(=O)Nc1ccc(C(=O)CSc2nnc3sc4ccccc4n23)cc1. The van der Waals surface area contributed by atoms with Gasteiger partial charge in [-0.3, -0.25) is 9.20 Å². The van der Waals surface area contributed by atoms with Crippen molar-refractivity contribution < 1.29 is 9.59 Å². The summed E-state index contributed by atoms with van der Waals surface area (Å²) < 4.78 is 3.10. The number of nitrogens with zero attached hydrogens (tertiary/aromatic N) is 3. The molecule has 2 amide bonds. The monoisotopic (exact) mass is 383 g/mol. The summed E-state index contributed by atoms with van der Waals surface area (Å²) in [5, 5.41) is 11.5. The van der Waals surface area contributed by atoms with Gasteiger partial charge in [0.05, 0.1) is 16.0 Å². The van der Waals surface area contributed by atoms with Crippen LogP contribution in [0.3, 0.4) is 0 Å². The molecule has 0 aliphatic heterocycles. The lowest BCUT2D eigenvalue weighted by atomic mass is 10.1. The van der Waals surface area contributed by atoms with Crippen LogP contribution in [-0.2, 0) is 0 Å². The summed E-state index contributed by atoms with van der Waals surface area (Å²) in [5.74, 6) is 0.213. The van der Waals surface area contributed by atoms with E-state index in [2.05, 4.69) is 15.5 Å². The molecule has 9 heteroatoms. The second-order valence-electron chi connectivity index (χ2n) is 5.45. The first kappa shape index (κ1) is 16.6. The number of hydrogen-bond donors (Lipinski definition) is 2. The number of urea groups is 1. The molecule has 0 bridgehead atoms. The van der Waals surface area contributed by atoms with Crippen molar-refractivity contribution in [3.05, 3.63) is 54.1 Å². The van der Waals surface area contributed by atoms with Crippen LogP contribution in [-0.4, -0.2) is 32.2 Å². The van der Waals surface area contributed by atoms with Crippen molar-refractivity contribution in [2.24, 2.45) is 5.73 Å². The Balaban J connectivity index is 1.51. The number of amides is 2. The van der Waals surface area contributed by atoms with Crippen LogP contribution in [0.1, 0.15) is 10.4 Å². The first-order chi connectivity index (χ1) is 12.6. The van der Waals surface area contributed by atoms with Crippen molar-refractivity contribution in [3.8, 4) is 0 Å². The van der Waals surface area contributed by atoms with Crippen molar-refractivity contribution in [1.29, 1.82) is 0 Å². The number of thioether (sulfide) groups is 1. The fourth-order valence-electron chi connectivity index (χ4n) is 2.54. The number of anilines is 1. The van der Waals surface area contributed by atoms with Crippen LogP contribution in [0.25, 0.3) is 15.2 Å². The molecule has 26 heavy (non-hydrogen) atoms. The van der Waals surface area contributed by atoms with Gasteiger partial charge in [-0.25, -0.2) is 4.79 Å². The van der Waals surface area contributed by atoms with Gasteiger partial charge in [0.2, 0.25) is 4.96 Å². The van der Waals surface area contributed by atoms with Crippen molar-refractivity contribution in [1.82, 2.24) is 14.6 Å². The largest absolute Gasteiger partial charge is 0.351 e. The molecule has 0 saturated heterocycles. The number of thiazole rings is 1. The maximum Gasteiger partial charge on any atom is 0.316 e. The topological polar surface area (TPSA) is 102 Å². The smallest absolute Gasteiger partial charge is 0.316 e. The quantitative estimate of drug-likeness (QED) is 0.406. The number of ketones is 1. The summed E-state index contributed by atoms with van der Waals surface area (Å²) in [6.45, 7) is 0. The zero-order chi connectivity index (χ0) is 18.1. The van der Waals surface area contributed by atoms with Gasteiger partial charge in [-0.2, -0.15) is 0 Å². The average molecular weight is 383 g/mol. The summed E-state index contributed by atoms with van der Waals surface area (Å²) in [5.41, 5.74) is 7.21. The maximum absolute atomic E-state index is 12.4. The van der Waals surface area contributed by atoms with Crippen LogP contribution in [0, 0.1) is 0 Å². The van der Waals surface area contributed by atoms with E-state index in [1.54, 1.807) is 35.6 Å². The highest BCUT2D eigenvalue weighted by Gasteiger charge is 2.14. The molecule has 0 spiro atoms. The fourth-order valence-corrected chi connectivity index (χ4v) is 4.41. The van der Waals surface area contributed by atoms with E-state index < -0.39 is 6.03 Å². The molecule has 130 valence electrons. The van der Waals surface area contributed by atoms with E-state index in [-0.39, 0.29) is 11.5 Å². The summed E-state index contributed by atoms with van der Waals surface area (Å²) in [4.78, 5) is 24.1. The van der Waals surface area contributed by atoms with Crippen molar-refractivity contribution in [3.63, 3.8) is 0 Å². The second-order valence-corrected chi connectivity index (χ2v) is 7.40. The fraction of sp³-hybridized carbons (Fsp3) is 0.0588. The van der Waals surface area contributed by atoms with E-state index in [9.17, 15) is 9.59 Å². The van der Waals surface area contributed by atoms with E-state index in [0.29, 0.717) is 16.4 Å². The van der Waals surface area contributed by atoms with Crippen LogP contribution in [0.5, 0.6) is 0 Å². The van der Waals surface area contributed by atoms with E-state index in [4.69, 9.17) is 5.73 Å². The summed E-state index contributed by atoms with van der Waals surface area (Å²) >= 11 is 2.92. The van der Waals surface area contributed by atoms with Crippen molar-refractivity contribution >= 4 is 55.8 Å². The van der Waals surface area contributed by atoms with Gasteiger partial charge in [-0.05, 0) is 36.4 Å². The van der Waals surface area contributed by atoms with Gasteiger partial charge in [-0.1, -0.05) is 35.2 Å². The van der Waals surface area contributed by atoms with Crippen LogP contribution >= 0.6 is 23.1 Å². The molecule has 0 radical (unpaired) electrons. The number of nitrogens with two attached hydrogens (primary N) is 1. The average Bonchev–Trinajstić information content (AvgIpc) is 3.19. The third-order valence-electron chi connectivity index (χ3n) is 3.72. The zero-order valence-corrected chi connectivity index (χ0v) is 15.0. The van der Waals surface area contributed by atoms with Gasteiger partial charge >= 0.3 is 6.03 Å². The van der Waals surface area contributed by atoms with Gasteiger partial charge in [0, 0.05) is 11.3 Å². The molecule has 2 aromatic carbocycles. The maximum atomic E-state index is 12.4. The Morgan fingerprint density at radius 2 is 1.88 bits per heavy atom. The minimum absolute atomic E-state index is 0.0306. The number of benzene rings is 2. The molecule has 2 heterocycles. The first-order valence-electron chi connectivity index (χ1n) is 7.67.